The number of carboxylic acids is 1. The first-order valence-electron chi connectivity index (χ1n) is 8.51. The highest BCUT2D eigenvalue weighted by Crippen LogP contribution is 2.42. The number of nitrogens with zero attached hydrogens (tertiary/aromatic N) is 3. The lowest BCUT2D eigenvalue weighted by atomic mass is 10.1. The van der Waals surface area contributed by atoms with E-state index in [9.17, 15) is 24.8 Å². The smallest absolute Gasteiger partial charge is 0.337 e. The van der Waals surface area contributed by atoms with Crippen molar-refractivity contribution in [2.24, 2.45) is 0 Å². The van der Waals surface area contributed by atoms with Crippen molar-refractivity contribution in [1.29, 1.82) is 0 Å². The predicted molar refractivity (Wildman–Crippen MR) is 125 cm³/mol. The summed E-state index contributed by atoms with van der Waals surface area (Å²) in [4.78, 5) is 39.0. The fourth-order valence-electron chi connectivity index (χ4n) is 3.14. The summed E-state index contributed by atoms with van der Waals surface area (Å²) >= 11 is 13.3. The molecule has 0 atom stereocenters. The molecule has 0 radical (unpaired) electrons. The number of nitro benzene ring substituents is 1. The largest absolute Gasteiger partial charge is 0.478 e. The van der Waals surface area contributed by atoms with Crippen molar-refractivity contribution in [3.8, 4) is 0 Å². The summed E-state index contributed by atoms with van der Waals surface area (Å²) in [5, 5.41) is 20.5. The van der Waals surface area contributed by atoms with Gasteiger partial charge in [0.1, 0.15) is 0 Å². The Morgan fingerprint density at radius 1 is 0.867 bits per heavy atom. The number of non-ortho nitro benzene ring substituents is 1. The molecule has 0 bridgehead atoms. The van der Waals surface area contributed by atoms with E-state index >= 15 is 0 Å². The van der Waals surface area contributed by atoms with Crippen LogP contribution in [0.15, 0.2) is 42.2 Å². The highest BCUT2D eigenvalue weighted by Gasteiger charge is 2.32. The van der Waals surface area contributed by atoms with Crippen LogP contribution in [0.4, 0.5) is 11.4 Å². The van der Waals surface area contributed by atoms with Crippen LogP contribution in [-0.2, 0) is 0 Å². The van der Waals surface area contributed by atoms with Crippen LogP contribution >= 0.6 is 63.7 Å². The molecule has 158 valence electrons. The first kappa shape index (κ1) is 23.2. The van der Waals surface area contributed by atoms with Crippen molar-refractivity contribution in [2.45, 2.75) is 0 Å². The Labute approximate surface area is 204 Å². The van der Waals surface area contributed by atoms with Crippen LogP contribution in [0.5, 0.6) is 0 Å². The zero-order chi connectivity index (χ0) is 22.2. The first-order valence-corrected chi connectivity index (χ1v) is 11.7. The number of nitro groups is 1. The van der Waals surface area contributed by atoms with Crippen molar-refractivity contribution in [3.63, 3.8) is 0 Å². The Morgan fingerprint density at radius 2 is 1.37 bits per heavy atom. The van der Waals surface area contributed by atoms with Crippen LogP contribution in [0.25, 0.3) is 0 Å². The molecule has 1 N–H and O–H groups in total. The molecule has 2 aromatic carbocycles. The summed E-state index contributed by atoms with van der Waals surface area (Å²) < 4.78 is 1.66. The van der Waals surface area contributed by atoms with Gasteiger partial charge >= 0.3 is 5.97 Å². The van der Waals surface area contributed by atoms with Gasteiger partial charge in [-0.1, -0.05) is 0 Å². The van der Waals surface area contributed by atoms with Crippen LogP contribution in [0.3, 0.4) is 0 Å². The Hall–Kier alpha value is -1.50. The summed E-state index contributed by atoms with van der Waals surface area (Å²) in [5.41, 5.74) is 0.784. The number of aromatic carboxylic acids is 1. The van der Waals surface area contributed by atoms with Gasteiger partial charge in [0.15, 0.2) is 0 Å². The van der Waals surface area contributed by atoms with Crippen molar-refractivity contribution in [2.75, 3.05) is 31.1 Å². The fourth-order valence-corrected chi connectivity index (χ4v) is 5.60. The van der Waals surface area contributed by atoms with Gasteiger partial charge in [-0.15, -0.1) is 0 Å². The van der Waals surface area contributed by atoms with Gasteiger partial charge in [-0.3, -0.25) is 14.9 Å². The second-order valence-corrected chi connectivity index (χ2v) is 9.54. The first-order chi connectivity index (χ1) is 14.1. The van der Waals surface area contributed by atoms with Gasteiger partial charge in [0.25, 0.3) is 11.6 Å². The molecule has 0 unspecified atom stereocenters. The number of halogens is 4. The SMILES string of the molecule is O=C(O)c1c(Br)c(Br)c(Br)c(Br)c1C(=O)N1CCN(c2ccc([N+](=O)[O-])cc2)CC1. The molecule has 0 saturated carbocycles. The van der Waals surface area contributed by atoms with Crippen molar-refractivity contribution >= 4 is 87.0 Å². The summed E-state index contributed by atoms with van der Waals surface area (Å²) in [6.45, 7) is 1.80. The average molecular weight is 671 g/mol. The Balaban J connectivity index is 1.82. The van der Waals surface area contributed by atoms with E-state index in [-0.39, 0.29) is 21.3 Å². The summed E-state index contributed by atoms with van der Waals surface area (Å²) in [7, 11) is 0. The van der Waals surface area contributed by atoms with Gasteiger partial charge in [-0.25, -0.2) is 4.79 Å². The number of piperazine rings is 1. The monoisotopic (exact) mass is 667 g/mol. The normalized spacial score (nSPS) is 14.0. The van der Waals surface area contributed by atoms with Crippen LogP contribution in [0.2, 0.25) is 0 Å². The lowest BCUT2D eigenvalue weighted by Gasteiger charge is -2.36. The van der Waals surface area contributed by atoms with E-state index in [0.717, 1.165) is 5.69 Å². The third-order valence-corrected chi connectivity index (χ3v) is 9.46. The third kappa shape index (κ3) is 4.41. The van der Waals surface area contributed by atoms with Crippen LogP contribution in [-0.4, -0.2) is 53.0 Å². The molecule has 8 nitrogen and oxygen atoms in total. The minimum atomic E-state index is -1.22. The average Bonchev–Trinajstić information content (AvgIpc) is 2.74. The molecule has 1 heterocycles. The lowest BCUT2D eigenvalue weighted by molar-refractivity contribution is -0.384. The van der Waals surface area contributed by atoms with Gasteiger partial charge in [0, 0.05) is 61.9 Å². The van der Waals surface area contributed by atoms with Crippen molar-refractivity contribution in [1.82, 2.24) is 4.90 Å². The molecule has 30 heavy (non-hydrogen) atoms. The Bertz CT molecular complexity index is 1040. The van der Waals surface area contributed by atoms with E-state index in [2.05, 4.69) is 63.7 Å². The van der Waals surface area contributed by atoms with E-state index in [1.54, 1.807) is 17.0 Å². The van der Waals surface area contributed by atoms with Gasteiger partial charge in [0.05, 0.1) is 16.1 Å². The Morgan fingerprint density at radius 3 is 1.83 bits per heavy atom. The predicted octanol–water partition coefficient (Wildman–Crippen LogP) is 5.31. The number of benzene rings is 2. The number of carbonyl (C=O) groups is 2. The molecule has 3 rings (SSSR count). The zero-order valence-corrected chi connectivity index (χ0v) is 21.4. The third-order valence-electron chi connectivity index (χ3n) is 4.69. The number of carboxylic acid groups (broad SMARTS) is 1. The standard InChI is InChI=1S/C18H13Br4N3O5/c19-13-11(12(18(27)28)14(20)16(22)15(13)21)17(26)24-7-5-23(6-8-24)9-1-3-10(4-2-9)25(29)30/h1-4H,5-8H2,(H,27,28). The molecule has 1 amide bonds. The van der Waals surface area contributed by atoms with Gasteiger partial charge in [-0.05, 0) is 75.9 Å². The van der Waals surface area contributed by atoms with E-state index in [1.165, 1.54) is 12.1 Å². The molecule has 1 aliphatic heterocycles. The minimum Gasteiger partial charge on any atom is -0.478 e. The van der Waals surface area contributed by atoms with E-state index in [4.69, 9.17) is 0 Å². The van der Waals surface area contributed by atoms with E-state index in [0.29, 0.717) is 39.6 Å². The molecular formula is C18H13Br4N3O5. The zero-order valence-electron chi connectivity index (χ0n) is 15.1. The van der Waals surface area contributed by atoms with Gasteiger partial charge < -0.3 is 14.9 Å². The Kier molecular flexibility index (Phi) is 7.20. The highest BCUT2D eigenvalue weighted by atomic mass is 79.9. The molecule has 0 spiro atoms. The molecule has 1 aliphatic rings. The van der Waals surface area contributed by atoms with Crippen LogP contribution in [0.1, 0.15) is 20.7 Å². The van der Waals surface area contributed by atoms with E-state index < -0.39 is 16.8 Å². The maximum atomic E-state index is 13.2. The quantitative estimate of drug-likeness (QED) is 0.205. The number of rotatable bonds is 4. The summed E-state index contributed by atoms with van der Waals surface area (Å²) in [5.74, 6) is -1.61. The number of hydrogen-bond acceptors (Lipinski definition) is 5. The molecule has 2 aromatic rings. The fraction of sp³-hybridized carbons (Fsp3) is 0.222. The summed E-state index contributed by atoms with van der Waals surface area (Å²) in [6.07, 6.45) is 0. The second-order valence-electron chi connectivity index (χ2n) is 6.36. The van der Waals surface area contributed by atoms with Gasteiger partial charge in [0.2, 0.25) is 0 Å². The lowest BCUT2D eigenvalue weighted by Crippen LogP contribution is -2.49. The maximum absolute atomic E-state index is 13.2. The highest BCUT2D eigenvalue weighted by molar-refractivity contribution is 9.15. The second kappa shape index (κ2) is 9.33. The number of carbonyl (C=O) groups excluding carboxylic acids is 1. The molecule has 0 aliphatic carbocycles. The number of anilines is 1. The maximum Gasteiger partial charge on any atom is 0.337 e. The van der Waals surface area contributed by atoms with E-state index in [1.807, 2.05) is 4.90 Å². The van der Waals surface area contributed by atoms with Crippen molar-refractivity contribution < 1.29 is 19.6 Å². The van der Waals surface area contributed by atoms with Crippen LogP contribution < -0.4 is 4.90 Å². The number of hydrogen-bond donors (Lipinski definition) is 1. The number of amides is 1. The topological polar surface area (TPSA) is 104 Å². The molecule has 12 heteroatoms. The van der Waals surface area contributed by atoms with Gasteiger partial charge in [-0.2, -0.15) is 0 Å². The molecular weight excluding hydrogens is 658 g/mol. The molecule has 1 fully saturated rings. The minimum absolute atomic E-state index is 0.0185. The summed E-state index contributed by atoms with van der Waals surface area (Å²) in [6, 6.07) is 6.25. The molecule has 1 saturated heterocycles. The van der Waals surface area contributed by atoms with Crippen molar-refractivity contribution in [3.05, 3.63) is 63.4 Å². The van der Waals surface area contributed by atoms with Crippen LogP contribution in [0, 0.1) is 10.1 Å². The molecule has 0 aromatic heterocycles.